The highest BCUT2D eigenvalue weighted by atomic mass is 79.9. The van der Waals surface area contributed by atoms with Crippen LogP contribution in [-0.4, -0.2) is 30.6 Å². The van der Waals surface area contributed by atoms with Crippen molar-refractivity contribution in [2.45, 2.75) is 6.42 Å². The van der Waals surface area contributed by atoms with Crippen LogP contribution in [0.25, 0.3) is 6.08 Å². The summed E-state index contributed by atoms with van der Waals surface area (Å²) < 4.78 is 6.23. The number of hydrogen-bond donors (Lipinski definition) is 2. The van der Waals surface area contributed by atoms with Crippen LogP contribution in [0.15, 0.2) is 28.7 Å². The maximum atomic E-state index is 11.1. The molecule has 2 N–H and O–H groups in total. The van der Waals surface area contributed by atoms with Crippen LogP contribution in [0.1, 0.15) is 12.0 Å². The number of carboxylic acid groups (broad SMARTS) is 1. The molecule has 5 nitrogen and oxygen atoms in total. The van der Waals surface area contributed by atoms with E-state index in [4.69, 9.17) is 9.84 Å². The molecule has 0 aliphatic heterocycles. The highest BCUT2D eigenvalue weighted by Gasteiger charge is 2.07. The highest BCUT2D eigenvalue weighted by molar-refractivity contribution is 9.10. The minimum atomic E-state index is -1.03. The molecule has 0 aromatic heterocycles. The number of aliphatic carboxylic acids is 1. The fourth-order valence-electron chi connectivity index (χ4n) is 1.34. The van der Waals surface area contributed by atoms with Crippen molar-refractivity contribution in [2.75, 3.05) is 13.7 Å². The molecule has 0 fully saturated rings. The van der Waals surface area contributed by atoms with E-state index in [-0.39, 0.29) is 18.9 Å². The van der Waals surface area contributed by atoms with Crippen molar-refractivity contribution in [3.05, 3.63) is 34.3 Å². The Bertz CT molecular complexity index is 499. The molecule has 1 amide bonds. The van der Waals surface area contributed by atoms with Crippen LogP contribution < -0.4 is 10.1 Å². The van der Waals surface area contributed by atoms with Crippen molar-refractivity contribution in [3.8, 4) is 5.75 Å². The number of hydrogen-bond acceptors (Lipinski definition) is 3. The van der Waals surface area contributed by atoms with E-state index in [0.29, 0.717) is 15.8 Å². The van der Waals surface area contributed by atoms with Crippen molar-refractivity contribution in [1.29, 1.82) is 0 Å². The van der Waals surface area contributed by atoms with E-state index in [1.807, 2.05) is 0 Å². The lowest BCUT2D eigenvalue weighted by Gasteiger charge is -2.10. The van der Waals surface area contributed by atoms with Crippen LogP contribution in [0.3, 0.4) is 0 Å². The number of nitrogens with one attached hydrogen (secondary N) is 1. The van der Waals surface area contributed by atoms with E-state index < -0.39 is 5.97 Å². The molecule has 0 saturated heterocycles. The molecule has 1 aromatic rings. The van der Waals surface area contributed by atoms with Gasteiger partial charge in [-0.1, -0.05) is 12.1 Å². The van der Waals surface area contributed by atoms with Gasteiger partial charge in [-0.3, -0.25) is 4.79 Å². The molecule has 19 heavy (non-hydrogen) atoms. The predicted molar refractivity (Wildman–Crippen MR) is 75.0 cm³/mol. The lowest BCUT2D eigenvalue weighted by Crippen LogP contribution is -2.20. The lowest BCUT2D eigenvalue weighted by molar-refractivity contribution is -0.131. The van der Waals surface area contributed by atoms with Crippen molar-refractivity contribution in [3.63, 3.8) is 0 Å². The van der Waals surface area contributed by atoms with Gasteiger partial charge < -0.3 is 15.2 Å². The van der Waals surface area contributed by atoms with Crippen LogP contribution in [-0.2, 0) is 9.59 Å². The molecule has 0 bridgehead atoms. The zero-order valence-corrected chi connectivity index (χ0v) is 11.9. The zero-order valence-electron chi connectivity index (χ0n) is 10.4. The minimum Gasteiger partial charge on any atom is -0.491 e. The first-order chi connectivity index (χ1) is 9.04. The Morgan fingerprint density at radius 1 is 1.47 bits per heavy atom. The average Bonchev–Trinajstić information content (AvgIpc) is 2.38. The maximum absolute atomic E-state index is 11.1. The van der Waals surface area contributed by atoms with Gasteiger partial charge in [0.05, 0.1) is 17.5 Å². The fraction of sp³-hybridized carbons (Fsp3) is 0.231. The molecule has 0 aliphatic rings. The van der Waals surface area contributed by atoms with Gasteiger partial charge in [-0.2, -0.15) is 0 Å². The second-order valence-corrected chi connectivity index (χ2v) is 4.46. The van der Waals surface area contributed by atoms with Crippen LogP contribution in [0.4, 0.5) is 0 Å². The summed E-state index contributed by atoms with van der Waals surface area (Å²) in [4.78, 5) is 21.6. The topological polar surface area (TPSA) is 75.6 Å². The molecular weight excluding hydrogens is 314 g/mol. The number of para-hydroxylation sites is 1. The maximum Gasteiger partial charge on any atom is 0.328 e. The quantitative estimate of drug-likeness (QED) is 0.784. The summed E-state index contributed by atoms with van der Waals surface area (Å²) in [6, 6.07) is 5.30. The minimum absolute atomic E-state index is 0.116. The van der Waals surface area contributed by atoms with E-state index in [1.54, 1.807) is 25.2 Å². The number of carboxylic acids is 1. The molecule has 0 saturated carbocycles. The highest BCUT2D eigenvalue weighted by Crippen LogP contribution is 2.30. The number of amides is 1. The number of rotatable bonds is 6. The Morgan fingerprint density at radius 3 is 2.84 bits per heavy atom. The predicted octanol–water partition coefficient (Wildman–Crippen LogP) is 2.06. The van der Waals surface area contributed by atoms with Gasteiger partial charge >= 0.3 is 5.97 Å². The molecule has 0 aliphatic carbocycles. The molecular formula is C13H14BrNO4. The Hall–Kier alpha value is -1.82. The fourth-order valence-corrected chi connectivity index (χ4v) is 1.84. The first kappa shape index (κ1) is 15.2. The van der Waals surface area contributed by atoms with Gasteiger partial charge in [0.1, 0.15) is 5.75 Å². The van der Waals surface area contributed by atoms with Gasteiger partial charge in [0.15, 0.2) is 0 Å². The summed E-state index contributed by atoms with van der Waals surface area (Å²) >= 11 is 3.33. The van der Waals surface area contributed by atoms with Crippen molar-refractivity contribution >= 4 is 33.9 Å². The van der Waals surface area contributed by atoms with Gasteiger partial charge in [-0.25, -0.2) is 4.79 Å². The summed E-state index contributed by atoms with van der Waals surface area (Å²) in [6.45, 7) is 0.218. The van der Waals surface area contributed by atoms with Crippen molar-refractivity contribution < 1.29 is 19.4 Å². The smallest absolute Gasteiger partial charge is 0.328 e. The standard InChI is InChI=1S/C13H14BrNO4/c1-15-11(16)7-8-19-13-9(5-6-12(17)18)3-2-4-10(13)14/h2-6H,7-8H2,1H3,(H,15,16)(H,17,18)/b6-5+. The molecule has 0 heterocycles. The third kappa shape index (κ3) is 5.13. The number of ether oxygens (including phenoxy) is 1. The molecule has 0 unspecified atom stereocenters. The SMILES string of the molecule is CNC(=O)CCOc1c(Br)cccc1/C=C/C(=O)O. The van der Waals surface area contributed by atoms with E-state index >= 15 is 0 Å². The summed E-state index contributed by atoms with van der Waals surface area (Å²) in [5.74, 6) is -0.630. The molecule has 0 atom stereocenters. The number of carbonyl (C=O) groups is 2. The lowest BCUT2D eigenvalue weighted by atomic mass is 10.2. The third-order valence-corrected chi connectivity index (χ3v) is 2.88. The van der Waals surface area contributed by atoms with E-state index in [1.165, 1.54) is 6.08 Å². The second-order valence-electron chi connectivity index (χ2n) is 3.60. The monoisotopic (exact) mass is 327 g/mol. The second kappa shape index (κ2) is 7.58. The summed E-state index contributed by atoms with van der Waals surface area (Å²) in [7, 11) is 1.56. The molecule has 1 aromatic carbocycles. The first-order valence-electron chi connectivity index (χ1n) is 5.57. The molecule has 102 valence electrons. The van der Waals surface area contributed by atoms with Gasteiger partial charge in [-0.05, 0) is 28.1 Å². The van der Waals surface area contributed by atoms with Gasteiger partial charge in [0.25, 0.3) is 0 Å². The van der Waals surface area contributed by atoms with Crippen molar-refractivity contribution in [1.82, 2.24) is 5.32 Å². The third-order valence-electron chi connectivity index (χ3n) is 2.26. The van der Waals surface area contributed by atoms with E-state index in [0.717, 1.165) is 6.08 Å². The average molecular weight is 328 g/mol. The zero-order chi connectivity index (χ0) is 14.3. The largest absolute Gasteiger partial charge is 0.491 e. The summed E-state index contributed by atoms with van der Waals surface area (Å²) in [6.07, 6.45) is 2.72. The van der Waals surface area contributed by atoms with Gasteiger partial charge in [0.2, 0.25) is 5.91 Å². The normalized spacial score (nSPS) is 10.4. The number of halogens is 1. The summed E-state index contributed by atoms with van der Waals surface area (Å²) in [5.41, 5.74) is 0.633. The molecule has 1 rings (SSSR count). The molecule has 6 heteroatoms. The Morgan fingerprint density at radius 2 is 2.21 bits per heavy atom. The molecule has 0 radical (unpaired) electrons. The first-order valence-corrected chi connectivity index (χ1v) is 6.36. The van der Waals surface area contributed by atoms with E-state index in [2.05, 4.69) is 21.2 Å². The Kier molecular flexibility index (Phi) is 6.08. The van der Waals surface area contributed by atoms with Crippen molar-refractivity contribution in [2.24, 2.45) is 0 Å². The number of benzene rings is 1. The van der Waals surface area contributed by atoms with Crippen LogP contribution in [0, 0.1) is 0 Å². The van der Waals surface area contributed by atoms with E-state index in [9.17, 15) is 9.59 Å². The van der Waals surface area contributed by atoms with Crippen LogP contribution in [0.2, 0.25) is 0 Å². The Labute approximate surface area is 119 Å². The van der Waals surface area contributed by atoms with Crippen LogP contribution >= 0.6 is 15.9 Å². The van der Waals surface area contributed by atoms with Crippen LogP contribution in [0.5, 0.6) is 5.75 Å². The molecule has 0 spiro atoms. The van der Waals surface area contributed by atoms with Gasteiger partial charge in [-0.15, -0.1) is 0 Å². The summed E-state index contributed by atoms with van der Waals surface area (Å²) in [5, 5.41) is 11.1. The van der Waals surface area contributed by atoms with Gasteiger partial charge in [0, 0.05) is 18.7 Å². The number of carbonyl (C=O) groups excluding carboxylic acids is 1. The Balaban J connectivity index is 2.80.